The molecule has 16 nitrogen and oxygen atoms in total. The van der Waals surface area contributed by atoms with E-state index in [4.69, 9.17) is 23.8 Å². The van der Waals surface area contributed by atoms with E-state index in [9.17, 15) is 44.0 Å². The highest BCUT2D eigenvalue weighted by molar-refractivity contribution is 7.47. The van der Waals surface area contributed by atoms with Gasteiger partial charge in [-0.2, -0.15) is 0 Å². The third-order valence-corrected chi connectivity index (χ3v) is 10.2. The van der Waals surface area contributed by atoms with Crippen LogP contribution in [-0.2, 0) is 41.8 Å². The SMILES string of the molecule is CC/C=C\C/C=C\C/C=C\C/C=C\CCCCCCC(=O)OC[C@H](COP(=O)(O)OC[C@@H](O)COP(=O)(O)O)OC(=O)CCC[C@H](O)[C@@H](O)/C=C/C=C/C=C\C=C\[C@@H](O)CCCCC. The van der Waals surface area contributed by atoms with Gasteiger partial charge < -0.3 is 44.6 Å². The van der Waals surface area contributed by atoms with E-state index in [1.165, 1.54) is 6.08 Å². The monoisotopic (exact) mass is 946 g/mol. The molecular formula is C46H76O16P2. The second kappa shape index (κ2) is 40.2. The summed E-state index contributed by atoms with van der Waals surface area (Å²) in [5, 5.41) is 40.3. The fourth-order valence-electron chi connectivity index (χ4n) is 5.31. The highest BCUT2D eigenvalue weighted by atomic mass is 31.2. The van der Waals surface area contributed by atoms with E-state index in [2.05, 4.69) is 71.5 Å². The van der Waals surface area contributed by atoms with Crippen LogP contribution in [0.5, 0.6) is 0 Å². The number of hydrogen-bond acceptors (Lipinski definition) is 13. The number of aliphatic hydroxyl groups is 4. The van der Waals surface area contributed by atoms with Gasteiger partial charge in [-0.05, 0) is 64.2 Å². The molecule has 0 aromatic heterocycles. The Morgan fingerprint density at radius 3 is 1.77 bits per heavy atom. The van der Waals surface area contributed by atoms with E-state index in [-0.39, 0.29) is 25.7 Å². The Hall–Kier alpha value is -3.08. The molecule has 0 fully saturated rings. The molecule has 0 aromatic carbocycles. The van der Waals surface area contributed by atoms with Gasteiger partial charge in [0.1, 0.15) is 12.7 Å². The Morgan fingerprint density at radius 1 is 0.562 bits per heavy atom. The van der Waals surface area contributed by atoms with Crippen molar-refractivity contribution in [1.82, 2.24) is 0 Å². The lowest BCUT2D eigenvalue weighted by Gasteiger charge is -2.21. The molecule has 0 bridgehead atoms. The molecule has 0 spiro atoms. The summed E-state index contributed by atoms with van der Waals surface area (Å²) in [7, 11) is -9.83. The summed E-state index contributed by atoms with van der Waals surface area (Å²) in [4.78, 5) is 52.8. The maximum Gasteiger partial charge on any atom is 0.472 e. The van der Waals surface area contributed by atoms with Gasteiger partial charge in [0.15, 0.2) is 6.10 Å². The lowest BCUT2D eigenvalue weighted by atomic mass is 10.1. The maximum atomic E-state index is 12.7. The van der Waals surface area contributed by atoms with Crippen LogP contribution >= 0.6 is 15.6 Å². The van der Waals surface area contributed by atoms with Gasteiger partial charge >= 0.3 is 27.6 Å². The molecule has 18 heteroatoms. The molecule has 0 radical (unpaired) electrons. The zero-order chi connectivity index (χ0) is 47.7. The molecular weight excluding hydrogens is 870 g/mol. The number of carbonyl (C=O) groups excluding carboxylic acids is 2. The summed E-state index contributed by atoms with van der Waals surface area (Å²) in [5.41, 5.74) is 0. The van der Waals surface area contributed by atoms with Crippen LogP contribution in [0.2, 0.25) is 0 Å². The van der Waals surface area contributed by atoms with E-state index in [1.54, 1.807) is 42.5 Å². The van der Waals surface area contributed by atoms with Crippen LogP contribution in [0.4, 0.5) is 0 Å². The summed E-state index contributed by atoms with van der Waals surface area (Å²) in [5.74, 6) is -1.40. The molecule has 0 saturated heterocycles. The van der Waals surface area contributed by atoms with Crippen molar-refractivity contribution in [2.75, 3.05) is 26.4 Å². The van der Waals surface area contributed by atoms with Gasteiger partial charge in [-0.25, -0.2) is 9.13 Å². The van der Waals surface area contributed by atoms with Gasteiger partial charge in [-0.15, -0.1) is 0 Å². The van der Waals surface area contributed by atoms with Gasteiger partial charge in [0, 0.05) is 12.8 Å². The lowest BCUT2D eigenvalue weighted by Crippen LogP contribution is -2.30. The molecule has 0 rings (SSSR count). The Balaban J connectivity index is 4.89. The zero-order valence-corrected chi connectivity index (χ0v) is 39.5. The molecule has 7 N–H and O–H groups in total. The number of aliphatic hydroxyl groups excluding tert-OH is 4. The molecule has 0 aliphatic carbocycles. The fraction of sp³-hybridized carbons (Fsp3) is 0.609. The Kier molecular flexibility index (Phi) is 38.3. The highest BCUT2D eigenvalue weighted by Gasteiger charge is 2.28. The highest BCUT2D eigenvalue weighted by Crippen LogP contribution is 2.43. The number of phosphoric ester groups is 2. The summed E-state index contributed by atoms with van der Waals surface area (Å²) < 4.78 is 47.5. The van der Waals surface area contributed by atoms with Gasteiger partial charge in [0.05, 0.1) is 38.1 Å². The molecule has 0 heterocycles. The number of hydrogen-bond donors (Lipinski definition) is 7. The first-order valence-electron chi connectivity index (χ1n) is 22.3. The lowest BCUT2D eigenvalue weighted by molar-refractivity contribution is -0.161. The molecule has 0 aliphatic rings. The van der Waals surface area contributed by atoms with E-state index in [0.717, 1.165) is 70.6 Å². The molecule has 1 unspecified atom stereocenters. The first kappa shape index (κ1) is 60.9. The molecule has 0 amide bonds. The van der Waals surface area contributed by atoms with Crippen molar-refractivity contribution in [1.29, 1.82) is 0 Å². The predicted octanol–water partition coefficient (Wildman–Crippen LogP) is 8.25. The first-order chi connectivity index (χ1) is 30.6. The van der Waals surface area contributed by atoms with Crippen LogP contribution in [0.15, 0.2) is 97.2 Å². The Morgan fingerprint density at radius 2 is 1.12 bits per heavy atom. The number of phosphoric acid groups is 2. The van der Waals surface area contributed by atoms with Gasteiger partial charge in [-0.1, -0.05) is 143 Å². The number of ether oxygens (including phenoxy) is 2. The summed E-state index contributed by atoms with van der Waals surface area (Å²) in [6.07, 6.45) is 36.2. The van der Waals surface area contributed by atoms with E-state index < -0.39 is 84.5 Å². The number of rotatable bonds is 40. The van der Waals surface area contributed by atoms with Crippen LogP contribution in [-0.4, -0.2) is 104 Å². The van der Waals surface area contributed by atoms with E-state index in [1.807, 2.05) is 0 Å². The van der Waals surface area contributed by atoms with Crippen molar-refractivity contribution in [3.8, 4) is 0 Å². The van der Waals surface area contributed by atoms with Gasteiger partial charge in [0.2, 0.25) is 0 Å². The van der Waals surface area contributed by atoms with E-state index >= 15 is 0 Å². The van der Waals surface area contributed by atoms with Crippen molar-refractivity contribution < 1.29 is 76.9 Å². The third kappa shape index (κ3) is 41.6. The molecule has 366 valence electrons. The van der Waals surface area contributed by atoms with Crippen LogP contribution in [0, 0.1) is 0 Å². The predicted molar refractivity (Wildman–Crippen MR) is 248 cm³/mol. The maximum absolute atomic E-state index is 12.7. The Bertz CT molecular complexity index is 1550. The smallest absolute Gasteiger partial charge is 0.462 e. The van der Waals surface area contributed by atoms with Crippen molar-refractivity contribution >= 4 is 27.6 Å². The fourth-order valence-corrected chi connectivity index (χ4v) is 6.46. The largest absolute Gasteiger partial charge is 0.472 e. The number of carbonyl (C=O) groups is 2. The topological polar surface area (TPSA) is 256 Å². The van der Waals surface area contributed by atoms with Crippen LogP contribution in [0.1, 0.15) is 123 Å². The Labute approximate surface area is 380 Å². The average molecular weight is 947 g/mol. The molecule has 0 aromatic rings. The second-order valence-electron chi connectivity index (χ2n) is 14.8. The number of esters is 2. The summed E-state index contributed by atoms with van der Waals surface area (Å²) >= 11 is 0. The minimum Gasteiger partial charge on any atom is -0.462 e. The normalized spacial score (nSPS) is 16.3. The molecule has 0 saturated carbocycles. The van der Waals surface area contributed by atoms with Crippen molar-refractivity contribution in [3.63, 3.8) is 0 Å². The third-order valence-electron chi connectivity index (χ3n) is 8.81. The molecule has 0 aliphatic heterocycles. The average Bonchev–Trinajstić information content (AvgIpc) is 3.24. The molecule has 6 atom stereocenters. The summed E-state index contributed by atoms with van der Waals surface area (Å²) in [6, 6.07) is 0. The van der Waals surface area contributed by atoms with E-state index in [0.29, 0.717) is 12.8 Å². The standard InChI is InChI=1S/C46H76O16P2/c1-3-5-7-8-9-10-11-12-13-14-15-16-17-18-19-24-28-34-45(51)58-38-42(39-61-64(56,57)60-37-41(48)36-59-63(53,54)55)62-46(52)35-29-33-44(50)43(49)32-27-23-21-20-22-26-31-40(47)30-25-6-4-2/h5,7,9-10,12-13,15-16,20-23,26-27,31-32,40-44,47-50H,3-4,6,8,11,14,17-19,24-25,28-30,33-39H2,1-2H3,(H,56,57)(H2,53,54,55)/b7-5-,10-9-,13-12-,16-15-,22-20-,23-21+,31-26+,32-27+/t40-,41-,42+,43-,44-/m0/s1. The second-order valence-corrected chi connectivity index (χ2v) is 17.5. The number of unbranched alkanes of at least 4 members (excludes halogenated alkanes) is 6. The first-order valence-corrected chi connectivity index (χ1v) is 25.3. The minimum atomic E-state index is -4.92. The van der Waals surface area contributed by atoms with Crippen LogP contribution < -0.4 is 0 Å². The molecule has 64 heavy (non-hydrogen) atoms. The van der Waals surface area contributed by atoms with Crippen molar-refractivity contribution in [2.24, 2.45) is 0 Å². The summed E-state index contributed by atoms with van der Waals surface area (Å²) in [6.45, 7) is 1.10. The van der Waals surface area contributed by atoms with Gasteiger partial charge in [-0.3, -0.25) is 23.2 Å². The van der Waals surface area contributed by atoms with Crippen LogP contribution in [0.25, 0.3) is 0 Å². The minimum absolute atomic E-state index is 0.0168. The number of allylic oxidation sites excluding steroid dienone is 14. The van der Waals surface area contributed by atoms with Gasteiger partial charge in [0.25, 0.3) is 0 Å². The van der Waals surface area contributed by atoms with Crippen LogP contribution in [0.3, 0.4) is 0 Å². The quantitative estimate of drug-likeness (QED) is 0.0100. The van der Waals surface area contributed by atoms with Crippen molar-refractivity contribution in [3.05, 3.63) is 97.2 Å². The zero-order valence-electron chi connectivity index (χ0n) is 37.7. The van der Waals surface area contributed by atoms with Crippen molar-refractivity contribution in [2.45, 2.75) is 154 Å².